The summed E-state index contributed by atoms with van der Waals surface area (Å²) in [5.74, 6) is 1.17. The number of nitrogens with one attached hydrogen (secondary N) is 1. The first-order valence-electron chi connectivity index (χ1n) is 11.2. The number of esters is 1. The summed E-state index contributed by atoms with van der Waals surface area (Å²) in [5, 5.41) is 2.95. The lowest BCUT2D eigenvalue weighted by atomic mass is 9.62. The summed E-state index contributed by atoms with van der Waals surface area (Å²) in [6.07, 6.45) is 12.3. The third-order valence-electron chi connectivity index (χ3n) is 7.46. The van der Waals surface area contributed by atoms with Gasteiger partial charge in [-0.05, 0) is 62.4 Å². The van der Waals surface area contributed by atoms with Crippen molar-refractivity contribution in [3.8, 4) is 0 Å². The first-order chi connectivity index (χ1) is 14.0. The van der Waals surface area contributed by atoms with Gasteiger partial charge < -0.3 is 10.1 Å². The number of amides is 1. The summed E-state index contributed by atoms with van der Waals surface area (Å²) in [5.41, 5.74) is 1.40. The number of rotatable bonds is 8. The zero-order valence-electron chi connectivity index (χ0n) is 17.8. The average Bonchev–Trinajstić information content (AvgIpc) is 2.68. The number of nitrogens with zero attached hydrogens (tertiary/aromatic N) is 2. The molecular weight excluding hydrogens is 366 g/mol. The molecule has 0 saturated carbocycles. The number of carbonyl (C=O) groups is 2. The van der Waals surface area contributed by atoms with Gasteiger partial charge in [0.2, 0.25) is 5.91 Å². The summed E-state index contributed by atoms with van der Waals surface area (Å²) in [6.45, 7) is 8.82. The Balaban J connectivity index is 1.52. The Morgan fingerprint density at radius 2 is 2.10 bits per heavy atom. The molecule has 0 spiro atoms. The molecule has 0 aliphatic carbocycles. The molecule has 0 aromatic heterocycles. The minimum Gasteiger partial charge on any atom is -0.466 e. The van der Waals surface area contributed by atoms with Crippen molar-refractivity contribution in [2.45, 2.75) is 83.1 Å². The van der Waals surface area contributed by atoms with Crippen LogP contribution in [0.2, 0.25) is 0 Å². The van der Waals surface area contributed by atoms with Crippen molar-refractivity contribution < 1.29 is 14.3 Å². The van der Waals surface area contributed by atoms with Gasteiger partial charge in [-0.25, -0.2) is 0 Å². The normalized spacial score (nSPS) is 40.7. The number of hydrogen-bond donors (Lipinski definition) is 1. The number of ether oxygens (including phenoxy) is 1. The van der Waals surface area contributed by atoms with E-state index in [2.05, 4.69) is 27.8 Å². The van der Waals surface area contributed by atoms with Crippen molar-refractivity contribution in [3.63, 3.8) is 0 Å². The Hall–Kier alpha value is -1.66. The minimum absolute atomic E-state index is 0.00634. The summed E-state index contributed by atoms with van der Waals surface area (Å²) in [4.78, 5) is 28.1. The maximum absolute atomic E-state index is 11.5. The van der Waals surface area contributed by atoms with Crippen molar-refractivity contribution in [1.29, 1.82) is 0 Å². The topological polar surface area (TPSA) is 61.9 Å². The molecule has 0 radical (unpaired) electrons. The lowest BCUT2D eigenvalue weighted by molar-refractivity contribution is -0.220. The molecule has 6 bridgehead atoms. The molecule has 6 nitrogen and oxygen atoms in total. The zero-order chi connectivity index (χ0) is 20.5. The number of hydrogen-bond acceptors (Lipinski definition) is 5. The van der Waals surface area contributed by atoms with Gasteiger partial charge in [0, 0.05) is 44.7 Å². The fourth-order valence-electron chi connectivity index (χ4n) is 6.56. The molecule has 5 aliphatic rings. The van der Waals surface area contributed by atoms with Gasteiger partial charge in [0.15, 0.2) is 0 Å². The van der Waals surface area contributed by atoms with Crippen LogP contribution in [0, 0.1) is 11.8 Å². The SMILES string of the molecule is C=CCC1C2CC3CN1C1CC/C(=C\NC(C)=O)C2N1C3CCCCOC(C)=O. The predicted molar refractivity (Wildman–Crippen MR) is 112 cm³/mol. The lowest BCUT2D eigenvalue weighted by Crippen LogP contribution is -2.79. The van der Waals surface area contributed by atoms with Gasteiger partial charge in [-0.15, -0.1) is 6.58 Å². The quantitative estimate of drug-likeness (QED) is 0.385. The van der Waals surface area contributed by atoms with E-state index in [1.165, 1.54) is 31.9 Å². The Morgan fingerprint density at radius 3 is 2.83 bits per heavy atom. The summed E-state index contributed by atoms with van der Waals surface area (Å²) in [7, 11) is 0. The number of piperidine rings is 3. The maximum atomic E-state index is 11.5. The second-order valence-corrected chi connectivity index (χ2v) is 9.18. The minimum atomic E-state index is -0.188. The molecule has 0 aromatic rings. The molecule has 5 aliphatic heterocycles. The first-order valence-corrected chi connectivity index (χ1v) is 11.2. The van der Waals surface area contributed by atoms with Gasteiger partial charge in [-0.2, -0.15) is 0 Å². The van der Waals surface area contributed by atoms with E-state index in [9.17, 15) is 9.59 Å². The van der Waals surface area contributed by atoms with Gasteiger partial charge in [0.1, 0.15) is 0 Å². The smallest absolute Gasteiger partial charge is 0.302 e. The molecule has 5 saturated heterocycles. The van der Waals surface area contributed by atoms with Crippen LogP contribution in [0.3, 0.4) is 0 Å². The van der Waals surface area contributed by atoms with Gasteiger partial charge in [0.25, 0.3) is 0 Å². The average molecular weight is 402 g/mol. The molecular formula is C23H35N3O3. The molecule has 29 heavy (non-hydrogen) atoms. The molecule has 8 atom stereocenters. The lowest BCUT2D eigenvalue weighted by Gasteiger charge is -2.70. The molecule has 0 aromatic carbocycles. The van der Waals surface area contributed by atoms with Crippen LogP contribution in [0.15, 0.2) is 24.4 Å². The third kappa shape index (κ3) is 3.89. The zero-order valence-corrected chi connectivity index (χ0v) is 17.8. The monoisotopic (exact) mass is 401 g/mol. The van der Waals surface area contributed by atoms with Crippen LogP contribution in [0.1, 0.15) is 58.8 Å². The van der Waals surface area contributed by atoms with Gasteiger partial charge in [0.05, 0.1) is 12.8 Å². The van der Waals surface area contributed by atoms with E-state index >= 15 is 0 Å². The summed E-state index contributed by atoms with van der Waals surface area (Å²) < 4.78 is 5.12. The first kappa shape index (κ1) is 20.6. The van der Waals surface area contributed by atoms with Crippen molar-refractivity contribution in [2.24, 2.45) is 11.8 Å². The highest BCUT2D eigenvalue weighted by atomic mass is 16.5. The van der Waals surface area contributed by atoms with Crippen LogP contribution in [-0.4, -0.2) is 59.1 Å². The van der Waals surface area contributed by atoms with E-state index in [0.717, 1.165) is 38.0 Å². The maximum Gasteiger partial charge on any atom is 0.302 e. The van der Waals surface area contributed by atoms with Crippen molar-refractivity contribution >= 4 is 11.9 Å². The molecule has 8 unspecified atom stereocenters. The fourth-order valence-corrected chi connectivity index (χ4v) is 6.56. The standard InChI is InChI=1S/C23H35N3O3/c1-4-7-21-19-12-18-14-25(21)22-10-9-17(13-24-15(2)27)23(19)26(22)20(18)8-5-6-11-29-16(3)28/h4,13,18-23H,1,5-12,14H2,2-3H3,(H,24,27)/b17-13+. The van der Waals surface area contributed by atoms with Gasteiger partial charge in [-0.1, -0.05) is 6.08 Å². The Labute approximate surface area is 174 Å². The number of unbranched alkanes of at least 4 members (excludes halogenated alkanes) is 1. The van der Waals surface area contributed by atoms with E-state index in [0.29, 0.717) is 36.8 Å². The summed E-state index contributed by atoms with van der Waals surface area (Å²) >= 11 is 0. The highest BCUT2D eigenvalue weighted by Gasteiger charge is 2.60. The highest BCUT2D eigenvalue weighted by molar-refractivity contribution is 5.74. The van der Waals surface area contributed by atoms with Crippen molar-refractivity contribution in [3.05, 3.63) is 24.4 Å². The Bertz CT molecular complexity index is 691. The Kier molecular flexibility index (Phi) is 6.11. The Morgan fingerprint density at radius 1 is 1.28 bits per heavy atom. The number of carbonyl (C=O) groups excluding carboxylic acids is 2. The van der Waals surface area contributed by atoms with E-state index in [-0.39, 0.29) is 11.9 Å². The van der Waals surface area contributed by atoms with Crippen LogP contribution in [0.4, 0.5) is 0 Å². The van der Waals surface area contributed by atoms with Crippen LogP contribution >= 0.6 is 0 Å². The van der Waals surface area contributed by atoms with Crippen LogP contribution in [0.5, 0.6) is 0 Å². The largest absolute Gasteiger partial charge is 0.466 e. The molecule has 6 heteroatoms. The highest BCUT2D eigenvalue weighted by Crippen LogP contribution is 2.55. The fraction of sp³-hybridized carbons (Fsp3) is 0.739. The second kappa shape index (κ2) is 8.60. The molecule has 160 valence electrons. The van der Waals surface area contributed by atoms with Crippen LogP contribution in [0.25, 0.3) is 0 Å². The molecule has 5 fully saturated rings. The summed E-state index contributed by atoms with van der Waals surface area (Å²) in [6, 6.07) is 1.62. The van der Waals surface area contributed by atoms with Gasteiger partial charge in [-0.3, -0.25) is 19.4 Å². The van der Waals surface area contributed by atoms with E-state index < -0.39 is 0 Å². The second-order valence-electron chi connectivity index (χ2n) is 9.18. The molecule has 1 amide bonds. The molecule has 5 rings (SSSR count). The van der Waals surface area contributed by atoms with Gasteiger partial charge >= 0.3 is 5.97 Å². The molecule has 1 N–H and O–H groups in total. The van der Waals surface area contributed by atoms with Crippen LogP contribution < -0.4 is 5.32 Å². The van der Waals surface area contributed by atoms with E-state index in [4.69, 9.17) is 4.74 Å². The van der Waals surface area contributed by atoms with Crippen molar-refractivity contribution in [2.75, 3.05) is 13.2 Å². The van der Waals surface area contributed by atoms with Crippen LogP contribution in [-0.2, 0) is 14.3 Å². The predicted octanol–water partition coefficient (Wildman–Crippen LogP) is 2.81. The van der Waals surface area contributed by atoms with Crippen molar-refractivity contribution in [1.82, 2.24) is 15.1 Å². The molecule has 5 heterocycles. The third-order valence-corrected chi connectivity index (χ3v) is 7.46. The van der Waals surface area contributed by atoms with E-state index in [1.807, 2.05) is 6.20 Å². The van der Waals surface area contributed by atoms with E-state index in [1.54, 1.807) is 6.92 Å².